The largest absolute Gasteiger partial charge is 0.306 e. The number of rotatable bonds is 4. The molecule has 0 saturated carbocycles. The zero-order chi connectivity index (χ0) is 14.7. The van der Waals surface area contributed by atoms with Crippen LogP contribution in [0, 0.1) is 5.82 Å². The Morgan fingerprint density at radius 1 is 1.00 bits per heavy atom. The zero-order valence-corrected chi connectivity index (χ0v) is 13.0. The molecule has 1 unspecified atom stereocenters. The molecule has 20 heavy (non-hydrogen) atoms. The Morgan fingerprint density at radius 2 is 1.75 bits per heavy atom. The number of halogens is 4. The molecule has 2 aromatic rings. The van der Waals surface area contributed by atoms with E-state index in [4.69, 9.17) is 34.8 Å². The van der Waals surface area contributed by atoms with Crippen molar-refractivity contribution in [3.05, 3.63) is 68.4 Å². The van der Waals surface area contributed by atoms with Crippen molar-refractivity contribution in [2.24, 2.45) is 0 Å². The summed E-state index contributed by atoms with van der Waals surface area (Å²) in [5, 5.41) is 4.66. The Morgan fingerprint density at radius 3 is 2.35 bits per heavy atom. The van der Waals surface area contributed by atoms with Gasteiger partial charge in [0.25, 0.3) is 0 Å². The monoisotopic (exact) mass is 331 g/mol. The van der Waals surface area contributed by atoms with Crippen LogP contribution in [0.2, 0.25) is 15.1 Å². The molecule has 1 atom stereocenters. The van der Waals surface area contributed by atoms with Gasteiger partial charge in [0, 0.05) is 5.02 Å². The third-order valence-corrected chi connectivity index (χ3v) is 4.03. The third-order valence-electron chi connectivity index (χ3n) is 2.96. The van der Waals surface area contributed by atoms with Crippen molar-refractivity contribution in [1.29, 1.82) is 0 Å². The van der Waals surface area contributed by atoms with Crippen molar-refractivity contribution < 1.29 is 4.39 Å². The fourth-order valence-corrected chi connectivity index (χ4v) is 2.62. The lowest BCUT2D eigenvalue weighted by molar-refractivity contribution is 0.614. The molecular formula is C15H13Cl3FN. The summed E-state index contributed by atoms with van der Waals surface area (Å²) in [6, 6.07) is 9.61. The molecule has 0 saturated heterocycles. The van der Waals surface area contributed by atoms with Gasteiger partial charge in [-0.25, -0.2) is 4.39 Å². The highest BCUT2D eigenvalue weighted by Gasteiger charge is 2.17. The van der Waals surface area contributed by atoms with Crippen LogP contribution in [0.5, 0.6) is 0 Å². The molecule has 5 heteroatoms. The first-order chi connectivity index (χ1) is 9.52. The van der Waals surface area contributed by atoms with Crippen molar-refractivity contribution in [3.8, 4) is 0 Å². The van der Waals surface area contributed by atoms with Gasteiger partial charge in [0.05, 0.1) is 16.1 Å². The van der Waals surface area contributed by atoms with Crippen molar-refractivity contribution in [2.45, 2.75) is 13.0 Å². The molecule has 0 bridgehead atoms. The lowest BCUT2D eigenvalue weighted by Gasteiger charge is -2.20. The van der Waals surface area contributed by atoms with Gasteiger partial charge >= 0.3 is 0 Å². The Balaban J connectivity index is 2.47. The molecule has 2 aromatic carbocycles. The van der Waals surface area contributed by atoms with Crippen molar-refractivity contribution in [2.75, 3.05) is 6.54 Å². The third kappa shape index (κ3) is 3.44. The van der Waals surface area contributed by atoms with E-state index in [-0.39, 0.29) is 11.9 Å². The van der Waals surface area contributed by atoms with Crippen LogP contribution in [-0.2, 0) is 0 Å². The molecule has 0 aliphatic rings. The molecule has 0 heterocycles. The number of hydrogen-bond acceptors (Lipinski definition) is 1. The smallest absolute Gasteiger partial charge is 0.124 e. The normalized spacial score (nSPS) is 12.4. The molecule has 0 aliphatic heterocycles. The van der Waals surface area contributed by atoms with Gasteiger partial charge in [0.15, 0.2) is 0 Å². The van der Waals surface area contributed by atoms with Crippen molar-refractivity contribution >= 4 is 34.8 Å². The molecule has 0 amide bonds. The predicted octanol–water partition coefficient (Wildman–Crippen LogP) is 5.48. The molecule has 0 aliphatic carbocycles. The quantitative estimate of drug-likeness (QED) is 0.781. The van der Waals surface area contributed by atoms with Gasteiger partial charge < -0.3 is 5.32 Å². The van der Waals surface area contributed by atoms with E-state index >= 15 is 0 Å². The van der Waals surface area contributed by atoms with Crippen LogP contribution < -0.4 is 5.32 Å². The van der Waals surface area contributed by atoms with Gasteiger partial charge in [-0.1, -0.05) is 53.9 Å². The summed E-state index contributed by atoms with van der Waals surface area (Å²) in [5.74, 6) is -0.358. The van der Waals surface area contributed by atoms with Crippen LogP contribution in [0.1, 0.15) is 24.1 Å². The lowest BCUT2D eigenvalue weighted by Crippen LogP contribution is -2.22. The van der Waals surface area contributed by atoms with E-state index in [0.29, 0.717) is 15.1 Å². The van der Waals surface area contributed by atoms with E-state index in [1.807, 2.05) is 13.0 Å². The van der Waals surface area contributed by atoms with Crippen LogP contribution in [0.3, 0.4) is 0 Å². The summed E-state index contributed by atoms with van der Waals surface area (Å²) < 4.78 is 13.2. The second-order valence-electron chi connectivity index (χ2n) is 4.33. The highest BCUT2D eigenvalue weighted by atomic mass is 35.5. The molecule has 106 valence electrons. The predicted molar refractivity (Wildman–Crippen MR) is 83.4 cm³/mol. The maximum atomic E-state index is 13.2. The minimum atomic E-state index is -0.358. The first kappa shape index (κ1) is 15.6. The Kier molecular flexibility index (Phi) is 5.28. The van der Waals surface area contributed by atoms with E-state index in [0.717, 1.165) is 17.7 Å². The highest BCUT2D eigenvalue weighted by Crippen LogP contribution is 2.32. The summed E-state index contributed by atoms with van der Waals surface area (Å²) >= 11 is 18.1. The maximum Gasteiger partial charge on any atom is 0.124 e. The minimum Gasteiger partial charge on any atom is -0.306 e. The van der Waals surface area contributed by atoms with Gasteiger partial charge in [0.2, 0.25) is 0 Å². The second-order valence-corrected chi connectivity index (χ2v) is 5.55. The second kappa shape index (κ2) is 6.77. The summed E-state index contributed by atoms with van der Waals surface area (Å²) in [4.78, 5) is 0. The summed E-state index contributed by atoms with van der Waals surface area (Å²) in [6.07, 6.45) is 0. The molecule has 1 nitrogen and oxygen atoms in total. The van der Waals surface area contributed by atoms with E-state index in [1.54, 1.807) is 18.2 Å². The van der Waals surface area contributed by atoms with Crippen molar-refractivity contribution in [3.63, 3.8) is 0 Å². The standard InChI is InChI=1S/C15H13Cl3FN/c1-2-20-15(9-3-6-12(16)14(18)7-9)11-5-4-10(19)8-13(11)17/h3-8,15,20H,2H2,1H3. The molecule has 0 radical (unpaired) electrons. The molecule has 0 aromatic heterocycles. The Hall–Kier alpha value is -0.800. The Bertz CT molecular complexity index is 616. The zero-order valence-electron chi connectivity index (χ0n) is 10.8. The van der Waals surface area contributed by atoms with Gasteiger partial charge in [-0.05, 0) is 41.9 Å². The van der Waals surface area contributed by atoms with Gasteiger partial charge in [0.1, 0.15) is 5.82 Å². The molecule has 2 rings (SSSR count). The van der Waals surface area contributed by atoms with Crippen LogP contribution in [0.4, 0.5) is 4.39 Å². The number of hydrogen-bond donors (Lipinski definition) is 1. The molecule has 0 spiro atoms. The average Bonchev–Trinajstić information content (AvgIpc) is 2.40. The fourth-order valence-electron chi connectivity index (χ4n) is 2.04. The number of benzene rings is 2. The van der Waals surface area contributed by atoms with E-state index < -0.39 is 0 Å². The van der Waals surface area contributed by atoms with E-state index in [9.17, 15) is 4.39 Å². The van der Waals surface area contributed by atoms with Gasteiger partial charge in [-0.3, -0.25) is 0 Å². The molecule has 1 N–H and O–H groups in total. The first-order valence-corrected chi connectivity index (χ1v) is 7.29. The van der Waals surface area contributed by atoms with Crippen molar-refractivity contribution in [1.82, 2.24) is 5.32 Å². The van der Waals surface area contributed by atoms with Crippen LogP contribution in [-0.4, -0.2) is 6.54 Å². The van der Waals surface area contributed by atoms with Crippen LogP contribution >= 0.6 is 34.8 Å². The molecular weight excluding hydrogens is 320 g/mol. The van der Waals surface area contributed by atoms with Crippen LogP contribution in [0.25, 0.3) is 0 Å². The first-order valence-electron chi connectivity index (χ1n) is 6.16. The number of nitrogens with one attached hydrogen (secondary N) is 1. The summed E-state index contributed by atoms with van der Waals surface area (Å²) in [7, 11) is 0. The summed E-state index contributed by atoms with van der Waals surface area (Å²) in [5.41, 5.74) is 1.73. The van der Waals surface area contributed by atoms with Gasteiger partial charge in [-0.2, -0.15) is 0 Å². The molecule has 0 fully saturated rings. The van der Waals surface area contributed by atoms with E-state index in [1.165, 1.54) is 12.1 Å². The maximum absolute atomic E-state index is 13.2. The topological polar surface area (TPSA) is 12.0 Å². The fraction of sp³-hybridized carbons (Fsp3) is 0.200. The lowest BCUT2D eigenvalue weighted by atomic mass is 9.98. The highest BCUT2D eigenvalue weighted by molar-refractivity contribution is 6.42. The van der Waals surface area contributed by atoms with Crippen LogP contribution in [0.15, 0.2) is 36.4 Å². The minimum absolute atomic E-state index is 0.164. The summed E-state index contributed by atoms with van der Waals surface area (Å²) in [6.45, 7) is 2.72. The van der Waals surface area contributed by atoms with Gasteiger partial charge in [-0.15, -0.1) is 0 Å². The van der Waals surface area contributed by atoms with E-state index in [2.05, 4.69) is 5.32 Å². The average molecular weight is 333 g/mol. The Labute approximate surface area is 132 Å². The SMILES string of the molecule is CCNC(c1ccc(Cl)c(Cl)c1)c1ccc(F)cc1Cl.